The molecule has 1 atom stereocenters. The number of halogens is 1. The molecular formula is C13H14INO3. The number of hydrogen-bond acceptors (Lipinski definition) is 2. The van der Waals surface area contributed by atoms with Gasteiger partial charge in [0.1, 0.15) is 0 Å². The molecule has 1 aromatic rings. The number of likely N-dealkylation sites (tertiary alicyclic amines) is 1. The van der Waals surface area contributed by atoms with Crippen LogP contribution in [0.1, 0.15) is 18.4 Å². The fourth-order valence-corrected chi connectivity index (χ4v) is 2.44. The number of benzene rings is 1. The molecule has 0 spiro atoms. The highest BCUT2D eigenvalue weighted by molar-refractivity contribution is 14.1. The lowest BCUT2D eigenvalue weighted by molar-refractivity contribution is -0.147. The van der Waals surface area contributed by atoms with E-state index < -0.39 is 11.9 Å². The molecule has 1 saturated heterocycles. The summed E-state index contributed by atoms with van der Waals surface area (Å²) < 4.78 is 1.14. The maximum Gasteiger partial charge on any atom is 0.308 e. The van der Waals surface area contributed by atoms with Gasteiger partial charge in [0.2, 0.25) is 5.91 Å². The molecular weight excluding hydrogens is 345 g/mol. The summed E-state index contributed by atoms with van der Waals surface area (Å²) in [7, 11) is 0. The molecule has 1 aliphatic heterocycles. The van der Waals surface area contributed by atoms with Crippen LogP contribution >= 0.6 is 22.6 Å². The number of carbonyl (C=O) groups excluding carboxylic acids is 1. The van der Waals surface area contributed by atoms with Gasteiger partial charge in [0.05, 0.1) is 5.92 Å². The highest BCUT2D eigenvalue weighted by atomic mass is 127. The van der Waals surface area contributed by atoms with Crippen LogP contribution in [0.2, 0.25) is 0 Å². The molecule has 2 rings (SSSR count). The highest BCUT2D eigenvalue weighted by Gasteiger charge is 2.29. The topological polar surface area (TPSA) is 57.6 Å². The van der Waals surface area contributed by atoms with E-state index in [-0.39, 0.29) is 5.91 Å². The Morgan fingerprint density at radius 3 is 2.67 bits per heavy atom. The number of amides is 1. The fraction of sp³-hybridized carbons (Fsp3) is 0.385. The van der Waals surface area contributed by atoms with Crippen molar-refractivity contribution in [1.82, 2.24) is 4.90 Å². The number of carboxylic acid groups (broad SMARTS) is 1. The van der Waals surface area contributed by atoms with Gasteiger partial charge in [0.15, 0.2) is 0 Å². The second kappa shape index (κ2) is 5.69. The van der Waals surface area contributed by atoms with E-state index in [1.54, 1.807) is 4.90 Å². The second-order valence-corrected chi connectivity index (χ2v) is 5.72. The number of piperidine rings is 1. The zero-order valence-electron chi connectivity index (χ0n) is 9.80. The Morgan fingerprint density at radius 1 is 1.39 bits per heavy atom. The van der Waals surface area contributed by atoms with Crippen LogP contribution in [0.3, 0.4) is 0 Å². The van der Waals surface area contributed by atoms with Gasteiger partial charge in [-0.05, 0) is 46.7 Å². The van der Waals surface area contributed by atoms with Gasteiger partial charge in [-0.15, -0.1) is 0 Å². The van der Waals surface area contributed by atoms with Crippen molar-refractivity contribution in [3.05, 3.63) is 33.4 Å². The van der Waals surface area contributed by atoms with Crippen LogP contribution in [0.25, 0.3) is 0 Å². The van der Waals surface area contributed by atoms with Gasteiger partial charge < -0.3 is 10.0 Å². The average molecular weight is 359 g/mol. The molecule has 1 aromatic carbocycles. The van der Waals surface area contributed by atoms with Crippen LogP contribution in [0.5, 0.6) is 0 Å². The first-order chi connectivity index (χ1) is 8.56. The van der Waals surface area contributed by atoms with E-state index in [2.05, 4.69) is 22.6 Å². The zero-order chi connectivity index (χ0) is 13.1. The third-order valence-electron chi connectivity index (χ3n) is 3.14. The second-order valence-electron chi connectivity index (χ2n) is 4.47. The molecule has 0 saturated carbocycles. The molecule has 0 bridgehead atoms. The average Bonchev–Trinajstić information content (AvgIpc) is 2.34. The summed E-state index contributed by atoms with van der Waals surface area (Å²) in [5, 5.41) is 9.01. The quantitative estimate of drug-likeness (QED) is 0.842. The van der Waals surface area contributed by atoms with E-state index >= 15 is 0 Å². The van der Waals surface area contributed by atoms with E-state index in [4.69, 9.17) is 5.11 Å². The number of rotatable bonds is 3. The minimum atomic E-state index is -0.810. The lowest BCUT2D eigenvalue weighted by atomic mass is 9.97. The molecule has 0 aromatic heterocycles. The number of hydrogen-bond donors (Lipinski definition) is 1. The van der Waals surface area contributed by atoms with E-state index in [0.717, 1.165) is 9.13 Å². The Bertz CT molecular complexity index is 458. The smallest absolute Gasteiger partial charge is 0.308 e. The highest BCUT2D eigenvalue weighted by Crippen LogP contribution is 2.20. The third kappa shape index (κ3) is 3.22. The summed E-state index contributed by atoms with van der Waals surface area (Å²) in [6.45, 7) is 0.819. The van der Waals surface area contributed by atoms with Crippen molar-refractivity contribution in [3.63, 3.8) is 0 Å². The van der Waals surface area contributed by atoms with E-state index in [1.165, 1.54) is 0 Å². The van der Waals surface area contributed by atoms with Gasteiger partial charge in [-0.25, -0.2) is 0 Å². The van der Waals surface area contributed by atoms with Crippen LogP contribution in [-0.2, 0) is 16.1 Å². The molecule has 1 heterocycles. The summed E-state index contributed by atoms with van der Waals surface area (Å²) >= 11 is 2.23. The maximum absolute atomic E-state index is 11.8. The zero-order valence-corrected chi connectivity index (χ0v) is 12.0. The predicted octanol–water partition coefficient (Wildman–Crippen LogP) is 2.11. The lowest BCUT2D eigenvalue weighted by Crippen LogP contribution is -2.41. The summed E-state index contributed by atoms with van der Waals surface area (Å²) in [6, 6.07) is 7.91. The van der Waals surface area contributed by atoms with Crippen molar-refractivity contribution in [2.24, 2.45) is 5.92 Å². The van der Waals surface area contributed by atoms with E-state index in [9.17, 15) is 9.59 Å². The van der Waals surface area contributed by atoms with E-state index in [0.29, 0.717) is 25.9 Å². The van der Waals surface area contributed by atoms with E-state index in [1.807, 2.05) is 24.3 Å². The van der Waals surface area contributed by atoms with Crippen molar-refractivity contribution >= 4 is 34.5 Å². The van der Waals surface area contributed by atoms with Crippen LogP contribution in [0.15, 0.2) is 24.3 Å². The summed E-state index contributed by atoms with van der Waals surface area (Å²) in [5.74, 6) is -1.19. The summed E-state index contributed by atoms with van der Waals surface area (Å²) in [4.78, 5) is 24.4. The van der Waals surface area contributed by atoms with Crippen molar-refractivity contribution in [1.29, 1.82) is 0 Å². The first kappa shape index (κ1) is 13.3. The monoisotopic (exact) mass is 359 g/mol. The van der Waals surface area contributed by atoms with Crippen LogP contribution in [0.4, 0.5) is 0 Å². The predicted molar refractivity (Wildman–Crippen MR) is 74.9 cm³/mol. The van der Waals surface area contributed by atoms with Crippen LogP contribution in [-0.4, -0.2) is 28.4 Å². The molecule has 1 fully saturated rings. The standard InChI is InChI=1S/C13H14INO3/c14-11-4-1-9(2-5-11)7-15-8-10(13(17)18)3-6-12(15)16/h1-2,4-5,10H,3,6-8H2,(H,17,18). The Kier molecular flexibility index (Phi) is 4.21. The van der Waals surface area contributed by atoms with Crippen LogP contribution in [0, 0.1) is 9.49 Å². The number of carboxylic acids is 1. The van der Waals surface area contributed by atoms with Gasteiger partial charge in [0.25, 0.3) is 0 Å². The van der Waals surface area contributed by atoms with Crippen molar-refractivity contribution < 1.29 is 14.7 Å². The molecule has 0 aliphatic carbocycles. The molecule has 1 N–H and O–H groups in total. The minimum Gasteiger partial charge on any atom is -0.481 e. The summed E-state index contributed by atoms with van der Waals surface area (Å²) in [6.07, 6.45) is 0.790. The Morgan fingerprint density at radius 2 is 2.06 bits per heavy atom. The molecule has 5 heteroatoms. The number of nitrogens with zero attached hydrogens (tertiary/aromatic N) is 1. The molecule has 1 aliphatic rings. The number of aliphatic carboxylic acids is 1. The molecule has 18 heavy (non-hydrogen) atoms. The molecule has 0 radical (unpaired) electrons. The maximum atomic E-state index is 11.8. The Labute approximate surface area is 119 Å². The van der Waals surface area contributed by atoms with Crippen molar-refractivity contribution in [3.8, 4) is 0 Å². The van der Waals surface area contributed by atoms with Crippen molar-refractivity contribution in [2.45, 2.75) is 19.4 Å². The molecule has 96 valence electrons. The number of carbonyl (C=O) groups is 2. The first-order valence-corrected chi connectivity index (χ1v) is 6.89. The molecule has 1 amide bonds. The lowest BCUT2D eigenvalue weighted by Gasteiger charge is -2.30. The third-order valence-corrected chi connectivity index (χ3v) is 3.86. The molecule has 4 nitrogen and oxygen atoms in total. The van der Waals surface area contributed by atoms with Gasteiger partial charge in [-0.2, -0.15) is 0 Å². The fourth-order valence-electron chi connectivity index (χ4n) is 2.08. The van der Waals surface area contributed by atoms with Crippen molar-refractivity contribution in [2.75, 3.05) is 6.54 Å². The SMILES string of the molecule is O=C(O)C1CCC(=O)N(Cc2ccc(I)cc2)C1. The van der Waals surface area contributed by atoms with Gasteiger partial charge in [0, 0.05) is 23.1 Å². The van der Waals surface area contributed by atoms with Gasteiger partial charge in [-0.1, -0.05) is 12.1 Å². The van der Waals surface area contributed by atoms with Gasteiger partial charge >= 0.3 is 5.97 Å². The first-order valence-electron chi connectivity index (χ1n) is 5.81. The summed E-state index contributed by atoms with van der Waals surface area (Å²) in [5.41, 5.74) is 1.04. The minimum absolute atomic E-state index is 0.0473. The van der Waals surface area contributed by atoms with Gasteiger partial charge in [-0.3, -0.25) is 9.59 Å². The van der Waals surface area contributed by atoms with Crippen LogP contribution < -0.4 is 0 Å². The molecule has 1 unspecified atom stereocenters. The Balaban J connectivity index is 2.04. The Hall–Kier alpha value is -1.11. The normalized spacial score (nSPS) is 19.9. The largest absolute Gasteiger partial charge is 0.481 e.